The summed E-state index contributed by atoms with van der Waals surface area (Å²) in [6.07, 6.45) is -4.60. The molecule has 168 valence electrons. The van der Waals surface area contributed by atoms with E-state index in [1.165, 1.54) is 47.5 Å². The van der Waals surface area contributed by atoms with Gasteiger partial charge in [-0.2, -0.15) is 13.2 Å². The predicted molar refractivity (Wildman–Crippen MR) is 114 cm³/mol. The van der Waals surface area contributed by atoms with Crippen molar-refractivity contribution in [2.45, 2.75) is 6.18 Å². The van der Waals surface area contributed by atoms with Gasteiger partial charge in [-0.3, -0.25) is 14.5 Å². The lowest BCUT2D eigenvalue weighted by atomic mass is 10.1. The summed E-state index contributed by atoms with van der Waals surface area (Å²) in [5, 5.41) is 6.86. The highest BCUT2D eigenvalue weighted by atomic mass is 32.1. The number of thiazole rings is 1. The number of benzene rings is 2. The van der Waals surface area contributed by atoms with Crippen molar-refractivity contribution < 1.29 is 27.2 Å². The lowest BCUT2D eigenvalue weighted by Gasteiger charge is -2.17. The Labute approximate surface area is 184 Å². The lowest BCUT2D eigenvalue weighted by Crippen LogP contribution is -2.36. The minimum Gasteiger partial charge on any atom is -0.324 e. The Kier molecular flexibility index (Phi) is 7.21. The summed E-state index contributed by atoms with van der Waals surface area (Å²) in [4.78, 5) is 30.0. The second-order valence-corrected chi connectivity index (χ2v) is 7.71. The SMILES string of the molecule is CN(CC(=O)Nc1nc(-c2ccc(F)cc2)cs1)CC(=O)Nc1ccccc1C(F)(F)F. The van der Waals surface area contributed by atoms with E-state index in [9.17, 15) is 27.2 Å². The zero-order valence-corrected chi connectivity index (χ0v) is 17.6. The number of carbonyl (C=O) groups excluding carboxylic acids is 2. The molecule has 2 N–H and O–H groups in total. The molecular formula is C21H18F4N4O2S. The first-order valence-electron chi connectivity index (χ1n) is 9.28. The number of nitrogens with zero attached hydrogens (tertiary/aromatic N) is 2. The Morgan fingerprint density at radius 2 is 1.62 bits per heavy atom. The molecule has 11 heteroatoms. The number of anilines is 2. The number of nitrogens with one attached hydrogen (secondary N) is 2. The van der Waals surface area contributed by atoms with Gasteiger partial charge in [-0.15, -0.1) is 11.3 Å². The molecule has 32 heavy (non-hydrogen) atoms. The van der Waals surface area contributed by atoms with Crippen LogP contribution < -0.4 is 10.6 Å². The van der Waals surface area contributed by atoms with Gasteiger partial charge in [0.15, 0.2) is 5.13 Å². The Balaban J connectivity index is 1.52. The Bertz CT molecular complexity index is 1100. The molecule has 0 fully saturated rings. The number of rotatable bonds is 7. The molecule has 0 aliphatic carbocycles. The predicted octanol–water partition coefficient (Wildman–Crippen LogP) is 4.48. The number of alkyl halides is 3. The maximum atomic E-state index is 13.0. The molecule has 0 radical (unpaired) electrons. The second-order valence-electron chi connectivity index (χ2n) is 6.86. The zero-order chi connectivity index (χ0) is 23.3. The first-order valence-corrected chi connectivity index (χ1v) is 10.2. The smallest absolute Gasteiger partial charge is 0.324 e. The molecule has 0 atom stereocenters. The van der Waals surface area contributed by atoms with E-state index in [1.807, 2.05) is 0 Å². The van der Waals surface area contributed by atoms with Crippen molar-refractivity contribution in [2.75, 3.05) is 30.8 Å². The summed E-state index contributed by atoms with van der Waals surface area (Å²) in [6.45, 7) is -0.474. The van der Waals surface area contributed by atoms with Crippen molar-refractivity contribution in [1.29, 1.82) is 0 Å². The van der Waals surface area contributed by atoms with Crippen molar-refractivity contribution in [3.63, 3.8) is 0 Å². The van der Waals surface area contributed by atoms with Crippen LogP contribution in [0.3, 0.4) is 0 Å². The van der Waals surface area contributed by atoms with Crippen LogP contribution in [0.5, 0.6) is 0 Å². The van der Waals surface area contributed by atoms with E-state index in [1.54, 1.807) is 17.5 Å². The van der Waals surface area contributed by atoms with E-state index in [0.717, 1.165) is 12.1 Å². The van der Waals surface area contributed by atoms with Crippen LogP contribution in [-0.2, 0) is 15.8 Å². The number of hydrogen-bond acceptors (Lipinski definition) is 5. The largest absolute Gasteiger partial charge is 0.418 e. The fourth-order valence-corrected chi connectivity index (χ4v) is 3.55. The van der Waals surface area contributed by atoms with Crippen LogP contribution in [0.15, 0.2) is 53.9 Å². The first-order chi connectivity index (χ1) is 15.1. The molecule has 6 nitrogen and oxygen atoms in total. The third kappa shape index (κ3) is 6.34. The van der Waals surface area contributed by atoms with Gasteiger partial charge in [0, 0.05) is 10.9 Å². The van der Waals surface area contributed by atoms with Gasteiger partial charge in [-0.25, -0.2) is 9.37 Å². The van der Waals surface area contributed by atoms with Crippen LogP contribution in [0.1, 0.15) is 5.56 Å². The van der Waals surface area contributed by atoms with Crippen LogP contribution in [0, 0.1) is 5.82 Å². The van der Waals surface area contributed by atoms with Gasteiger partial charge in [0.1, 0.15) is 5.82 Å². The van der Waals surface area contributed by atoms with Crippen LogP contribution in [0.25, 0.3) is 11.3 Å². The number of likely N-dealkylation sites (N-methyl/N-ethyl adjacent to an activating group) is 1. The van der Waals surface area contributed by atoms with Crippen molar-refractivity contribution in [3.8, 4) is 11.3 Å². The highest BCUT2D eigenvalue weighted by Crippen LogP contribution is 2.34. The molecule has 3 rings (SSSR count). The molecule has 2 amide bonds. The van der Waals surface area contributed by atoms with Gasteiger partial charge in [-0.1, -0.05) is 12.1 Å². The molecule has 1 aromatic heterocycles. The van der Waals surface area contributed by atoms with E-state index < -0.39 is 23.6 Å². The molecule has 0 unspecified atom stereocenters. The molecular weight excluding hydrogens is 448 g/mol. The highest BCUT2D eigenvalue weighted by Gasteiger charge is 2.33. The summed E-state index contributed by atoms with van der Waals surface area (Å²) >= 11 is 1.18. The van der Waals surface area contributed by atoms with E-state index >= 15 is 0 Å². The third-order valence-corrected chi connectivity index (χ3v) is 4.98. The molecule has 0 saturated carbocycles. The summed E-state index contributed by atoms with van der Waals surface area (Å²) in [7, 11) is 1.49. The van der Waals surface area contributed by atoms with E-state index in [-0.39, 0.29) is 24.6 Å². The van der Waals surface area contributed by atoms with Gasteiger partial charge in [0.05, 0.1) is 30.0 Å². The van der Waals surface area contributed by atoms with Crippen LogP contribution in [0.2, 0.25) is 0 Å². The number of hydrogen-bond donors (Lipinski definition) is 2. The highest BCUT2D eigenvalue weighted by molar-refractivity contribution is 7.14. The topological polar surface area (TPSA) is 74.3 Å². The van der Waals surface area contributed by atoms with Crippen LogP contribution >= 0.6 is 11.3 Å². The van der Waals surface area contributed by atoms with Gasteiger partial charge >= 0.3 is 6.18 Å². The number of halogens is 4. The molecule has 0 aliphatic heterocycles. The number of amides is 2. The molecule has 3 aromatic rings. The maximum absolute atomic E-state index is 13.0. The molecule has 0 spiro atoms. The standard InChI is InChI=1S/C21H18F4N4O2S/c1-29(10-18(30)26-16-5-3-2-4-15(16)21(23,24)25)11-19(31)28-20-27-17(12-32-20)13-6-8-14(22)9-7-13/h2-9,12H,10-11H2,1H3,(H,26,30)(H,27,28,31). The van der Waals surface area contributed by atoms with Gasteiger partial charge < -0.3 is 10.6 Å². The molecule has 0 aliphatic rings. The average Bonchev–Trinajstić information content (AvgIpc) is 3.16. The molecule has 1 heterocycles. The minimum atomic E-state index is -4.60. The Hall–Kier alpha value is -3.31. The number of carbonyl (C=O) groups is 2. The maximum Gasteiger partial charge on any atom is 0.418 e. The van der Waals surface area contributed by atoms with Crippen LogP contribution in [-0.4, -0.2) is 41.8 Å². The Morgan fingerprint density at radius 1 is 1.00 bits per heavy atom. The van der Waals surface area contributed by atoms with Crippen molar-refractivity contribution >= 4 is 34.0 Å². The van der Waals surface area contributed by atoms with Crippen molar-refractivity contribution in [2.24, 2.45) is 0 Å². The van der Waals surface area contributed by atoms with E-state index in [0.29, 0.717) is 16.4 Å². The first kappa shape index (κ1) is 23.4. The van der Waals surface area contributed by atoms with Crippen LogP contribution in [0.4, 0.5) is 28.4 Å². The summed E-state index contributed by atoms with van der Waals surface area (Å²) < 4.78 is 52.1. The zero-order valence-electron chi connectivity index (χ0n) is 16.7. The fraction of sp³-hybridized carbons (Fsp3) is 0.190. The molecule has 0 saturated heterocycles. The summed E-state index contributed by atoms with van der Waals surface area (Å²) in [5.74, 6) is -1.51. The Morgan fingerprint density at radius 3 is 2.28 bits per heavy atom. The fourth-order valence-electron chi connectivity index (χ4n) is 2.82. The van der Waals surface area contributed by atoms with E-state index in [4.69, 9.17) is 0 Å². The van der Waals surface area contributed by atoms with Crippen molar-refractivity contribution in [3.05, 3.63) is 65.3 Å². The number of aromatic nitrogens is 1. The van der Waals surface area contributed by atoms with Gasteiger partial charge in [0.2, 0.25) is 11.8 Å². The normalized spacial score (nSPS) is 11.4. The monoisotopic (exact) mass is 466 g/mol. The third-order valence-electron chi connectivity index (χ3n) is 4.22. The van der Waals surface area contributed by atoms with Gasteiger partial charge in [0.25, 0.3) is 0 Å². The quantitative estimate of drug-likeness (QED) is 0.504. The average molecular weight is 466 g/mol. The summed E-state index contributed by atoms with van der Waals surface area (Å²) in [5.41, 5.74) is -0.0362. The van der Waals surface area contributed by atoms with Crippen molar-refractivity contribution in [1.82, 2.24) is 9.88 Å². The summed E-state index contributed by atoms with van der Waals surface area (Å²) in [6, 6.07) is 10.4. The molecule has 0 bridgehead atoms. The minimum absolute atomic E-state index is 0.181. The lowest BCUT2D eigenvalue weighted by molar-refractivity contribution is -0.137. The second kappa shape index (κ2) is 9.88. The van der Waals surface area contributed by atoms with E-state index in [2.05, 4.69) is 15.6 Å². The van der Waals surface area contributed by atoms with Gasteiger partial charge in [-0.05, 0) is 43.4 Å². The molecule has 2 aromatic carbocycles. The number of para-hydroxylation sites is 1.